The van der Waals surface area contributed by atoms with Crippen LogP contribution in [-0.2, 0) is 17.6 Å². The zero-order valence-corrected chi connectivity index (χ0v) is 26.6. The third kappa shape index (κ3) is 10.9. The van der Waals surface area contributed by atoms with Crippen LogP contribution in [-0.4, -0.2) is 52.0 Å². The molecule has 42 heavy (non-hydrogen) atoms. The molecule has 0 unspecified atom stereocenters. The molecular weight excluding hydrogens is 557 g/mol. The molecule has 9 heteroatoms. The van der Waals surface area contributed by atoms with Crippen LogP contribution in [0.4, 0.5) is 10.1 Å². The van der Waals surface area contributed by atoms with Crippen LogP contribution < -0.4 is 9.64 Å². The number of hydrogen-bond donors (Lipinski definition) is 2. The molecule has 0 amide bonds. The number of halogens is 2. The molecule has 0 spiro atoms. The van der Waals surface area contributed by atoms with Crippen LogP contribution in [0.25, 0.3) is 11.1 Å². The summed E-state index contributed by atoms with van der Waals surface area (Å²) in [6.45, 7) is 16.1. The largest absolute Gasteiger partial charge is 0.483 e. The highest BCUT2D eigenvalue weighted by atomic mass is 35.5. The van der Waals surface area contributed by atoms with Gasteiger partial charge in [-0.3, -0.25) is 9.78 Å². The minimum Gasteiger partial charge on any atom is -0.483 e. The predicted octanol–water partition coefficient (Wildman–Crippen LogP) is 7.53. The highest BCUT2D eigenvalue weighted by Gasteiger charge is 2.28. The van der Waals surface area contributed by atoms with Crippen LogP contribution in [0.2, 0.25) is 5.02 Å². The molecule has 7 nitrogen and oxygen atoms in total. The molecule has 2 N–H and O–H groups in total. The van der Waals surface area contributed by atoms with E-state index in [1.165, 1.54) is 17.3 Å². The van der Waals surface area contributed by atoms with E-state index in [0.717, 1.165) is 54.7 Å². The molecule has 1 aliphatic rings. The van der Waals surface area contributed by atoms with Gasteiger partial charge in [0.05, 0.1) is 17.9 Å². The first-order valence-corrected chi connectivity index (χ1v) is 14.6. The van der Waals surface area contributed by atoms with Gasteiger partial charge in [0, 0.05) is 53.7 Å². The fourth-order valence-electron chi connectivity index (χ4n) is 4.60. The van der Waals surface area contributed by atoms with E-state index in [-0.39, 0.29) is 12.4 Å². The van der Waals surface area contributed by atoms with Crippen molar-refractivity contribution >= 4 is 23.8 Å². The van der Waals surface area contributed by atoms with E-state index in [9.17, 15) is 0 Å². The van der Waals surface area contributed by atoms with Gasteiger partial charge in [-0.25, -0.2) is 9.37 Å². The molecule has 2 aromatic heterocycles. The molecule has 3 aromatic rings. The average Bonchev–Trinajstić information content (AvgIpc) is 2.90. The van der Waals surface area contributed by atoms with Crippen LogP contribution in [0.5, 0.6) is 5.88 Å². The van der Waals surface area contributed by atoms with E-state index < -0.39 is 11.4 Å². The van der Waals surface area contributed by atoms with E-state index in [2.05, 4.69) is 42.6 Å². The lowest BCUT2D eigenvalue weighted by atomic mass is 9.82. The Morgan fingerprint density at radius 2 is 1.74 bits per heavy atom. The summed E-state index contributed by atoms with van der Waals surface area (Å²) in [6, 6.07) is 9.11. The maximum absolute atomic E-state index is 15.0. The van der Waals surface area contributed by atoms with Gasteiger partial charge in [-0.05, 0) is 75.6 Å². The third-order valence-electron chi connectivity index (χ3n) is 6.84. The van der Waals surface area contributed by atoms with Gasteiger partial charge in [0.25, 0.3) is 6.47 Å². The molecule has 3 heterocycles. The third-order valence-corrected chi connectivity index (χ3v) is 7.21. The van der Waals surface area contributed by atoms with Crippen molar-refractivity contribution in [2.24, 2.45) is 5.41 Å². The second-order valence-electron chi connectivity index (χ2n) is 12.1. The summed E-state index contributed by atoms with van der Waals surface area (Å²) in [4.78, 5) is 19.8. The number of nitrogens with zero attached hydrogens (tertiary/aromatic N) is 3. The highest BCUT2D eigenvalue weighted by molar-refractivity contribution is 6.31. The number of aromatic nitrogens is 2. The minimum atomic E-state index is -0.500. The Balaban J connectivity index is 0.000000686. The van der Waals surface area contributed by atoms with Gasteiger partial charge in [-0.1, -0.05) is 50.6 Å². The number of pyridine rings is 2. The fourth-order valence-corrected chi connectivity index (χ4v) is 4.83. The summed E-state index contributed by atoms with van der Waals surface area (Å²) in [5.41, 5.74) is 5.88. The van der Waals surface area contributed by atoms with E-state index in [0.29, 0.717) is 23.5 Å². The summed E-state index contributed by atoms with van der Waals surface area (Å²) in [5, 5.41) is 16.1. The lowest BCUT2D eigenvalue weighted by Crippen LogP contribution is -2.38. The molecule has 1 aromatic carbocycles. The van der Waals surface area contributed by atoms with Crippen molar-refractivity contribution in [3.63, 3.8) is 0 Å². The fraction of sp³-hybridized carbons (Fsp3) is 0.485. The summed E-state index contributed by atoms with van der Waals surface area (Å²) in [5.74, 6) is -0.464. The van der Waals surface area contributed by atoms with Crippen molar-refractivity contribution in [1.82, 2.24) is 9.97 Å². The molecule has 0 atom stereocenters. The zero-order chi connectivity index (χ0) is 31.5. The van der Waals surface area contributed by atoms with E-state index in [1.54, 1.807) is 27.0 Å². The van der Waals surface area contributed by atoms with Gasteiger partial charge in [-0.15, -0.1) is 0 Å². The van der Waals surface area contributed by atoms with Gasteiger partial charge >= 0.3 is 0 Å². The quantitative estimate of drug-likeness (QED) is 0.270. The van der Waals surface area contributed by atoms with Crippen LogP contribution in [0.3, 0.4) is 0 Å². The number of benzene rings is 1. The number of ether oxygens (including phenoxy) is 1. The Hall–Kier alpha value is -3.23. The molecule has 1 saturated heterocycles. The SMILES string of the molecule is CC(C)(C)O.CCc1c(C)ncc(-c2cnc(OCCc3ccccc3Cl)c(F)c2)c1N1CCC(C)(C)CC1.O=CO. The average molecular weight is 602 g/mol. The zero-order valence-electron chi connectivity index (χ0n) is 25.9. The highest BCUT2D eigenvalue weighted by Crippen LogP contribution is 2.40. The molecule has 230 valence electrons. The van der Waals surface area contributed by atoms with Gasteiger partial charge in [0.15, 0.2) is 5.82 Å². The smallest absolute Gasteiger partial charge is 0.290 e. The Labute approximate surface area is 254 Å². The molecule has 0 aliphatic carbocycles. The lowest BCUT2D eigenvalue weighted by molar-refractivity contribution is -0.122. The second kappa shape index (κ2) is 15.8. The van der Waals surface area contributed by atoms with Crippen molar-refractivity contribution in [3.05, 3.63) is 70.4 Å². The second-order valence-corrected chi connectivity index (χ2v) is 12.5. The molecular formula is C33H45ClFN3O4. The van der Waals surface area contributed by atoms with E-state index >= 15 is 4.39 Å². The first-order valence-electron chi connectivity index (χ1n) is 14.3. The molecule has 0 saturated carbocycles. The monoisotopic (exact) mass is 601 g/mol. The van der Waals surface area contributed by atoms with Crippen molar-refractivity contribution in [3.8, 4) is 17.0 Å². The maximum Gasteiger partial charge on any atom is 0.290 e. The first kappa shape index (κ1) is 35.0. The normalized spacial score (nSPS) is 14.2. The number of carboxylic acid groups (broad SMARTS) is 1. The first-order chi connectivity index (χ1) is 19.7. The number of piperidine rings is 1. The van der Waals surface area contributed by atoms with Crippen LogP contribution in [0, 0.1) is 18.2 Å². The number of aryl methyl sites for hydroxylation is 1. The molecule has 0 radical (unpaired) electrons. The standard InChI is InChI=1S/C28H33ClFN3O.C4H10O.CH2O2/c1-5-22-19(2)31-18-23(26(22)33-13-11-28(3,4)12-14-33)21-16-25(30)27(32-17-21)34-15-10-20-8-6-7-9-24(20)29;1-4(2,3)5;2-1-3/h6-9,16-18H,5,10-15H2,1-4H3;5H,1-3H3;1H,(H,2,3). The number of rotatable bonds is 7. The van der Waals surface area contributed by atoms with Crippen LogP contribution in [0.15, 0.2) is 42.7 Å². The van der Waals surface area contributed by atoms with Crippen molar-refractivity contribution < 1.29 is 24.1 Å². The van der Waals surface area contributed by atoms with Crippen LogP contribution >= 0.6 is 11.6 Å². The summed E-state index contributed by atoms with van der Waals surface area (Å²) in [6.07, 6.45) is 7.26. The van der Waals surface area contributed by atoms with E-state index in [1.807, 2.05) is 30.5 Å². The summed E-state index contributed by atoms with van der Waals surface area (Å²) >= 11 is 6.20. The Morgan fingerprint density at radius 1 is 1.14 bits per heavy atom. The summed E-state index contributed by atoms with van der Waals surface area (Å²) < 4.78 is 20.7. The van der Waals surface area contributed by atoms with Gasteiger partial charge in [0.1, 0.15) is 0 Å². The number of carbonyl (C=O) groups is 1. The Bertz CT molecular complexity index is 1290. The maximum atomic E-state index is 15.0. The van der Waals surface area contributed by atoms with E-state index in [4.69, 9.17) is 31.3 Å². The van der Waals surface area contributed by atoms with Crippen LogP contribution in [0.1, 0.15) is 71.2 Å². The van der Waals surface area contributed by atoms with Gasteiger partial charge in [0.2, 0.25) is 5.88 Å². The molecule has 0 bridgehead atoms. The summed E-state index contributed by atoms with van der Waals surface area (Å²) in [7, 11) is 0. The van der Waals surface area contributed by atoms with Gasteiger partial charge in [-0.2, -0.15) is 0 Å². The molecule has 1 aliphatic heterocycles. The molecule has 4 rings (SSSR count). The number of aliphatic hydroxyl groups is 1. The van der Waals surface area contributed by atoms with Crippen molar-refractivity contribution in [1.29, 1.82) is 0 Å². The van der Waals surface area contributed by atoms with Gasteiger partial charge < -0.3 is 19.8 Å². The predicted molar refractivity (Wildman–Crippen MR) is 168 cm³/mol. The number of anilines is 1. The lowest BCUT2D eigenvalue weighted by Gasteiger charge is -2.40. The Morgan fingerprint density at radius 3 is 2.29 bits per heavy atom. The number of hydrogen-bond acceptors (Lipinski definition) is 6. The molecule has 1 fully saturated rings. The van der Waals surface area contributed by atoms with Crippen molar-refractivity contribution in [2.45, 2.75) is 79.8 Å². The minimum absolute atomic E-state index is 0.00728. The Kier molecular flexibility index (Phi) is 13.2. The topological polar surface area (TPSA) is 95.8 Å². The van der Waals surface area contributed by atoms with Crippen molar-refractivity contribution in [2.75, 3.05) is 24.6 Å².